The molecule has 1 aromatic carbocycles. The third kappa shape index (κ3) is 4.45. The first kappa shape index (κ1) is 17.8. The van der Waals surface area contributed by atoms with Gasteiger partial charge in [-0.25, -0.2) is 0 Å². The average Bonchev–Trinajstić information content (AvgIpc) is 2.56. The highest BCUT2D eigenvalue weighted by Gasteiger charge is 2.30. The van der Waals surface area contributed by atoms with Gasteiger partial charge in [0.2, 0.25) is 5.91 Å². The van der Waals surface area contributed by atoms with Crippen LogP contribution in [0.25, 0.3) is 0 Å². The fourth-order valence-corrected chi connectivity index (χ4v) is 3.25. The number of β-amino-alcohol motifs (C(OH)–C–C–N with tert-alkyl or cyclic N) is 1. The van der Waals surface area contributed by atoms with Gasteiger partial charge in [0.1, 0.15) is 5.75 Å². The van der Waals surface area contributed by atoms with Gasteiger partial charge in [-0.2, -0.15) is 0 Å². The van der Waals surface area contributed by atoms with Crippen molar-refractivity contribution < 1.29 is 14.6 Å². The highest BCUT2D eigenvalue weighted by Crippen LogP contribution is 2.29. The maximum Gasteiger partial charge on any atom is 0.236 e. The van der Waals surface area contributed by atoms with Crippen LogP contribution in [0.15, 0.2) is 24.3 Å². The third-order valence-electron chi connectivity index (χ3n) is 4.69. The summed E-state index contributed by atoms with van der Waals surface area (Å²) >= 11 is 0. The molecule has 1 heterocycles. The number of benzene rings is 1. The highest BCUT2D eigenvalue weighted by atomic mass is 16.5. The van der Waals surface area contributed by atoms with Crippen LogP contribution in [0.4, 0.5) is 0 Å². The number of carbonyl (C=O) groups is 1. The van der Waals surface area contributed by atoms with Gasteiger partial charge in [-0.15, -0.1) is 0 Å². The minimum absolute atomic E-state index is 0.126. The maximum atomic E-state index is 12.2. The van der Waals surface area contributed by atoms with E-state index in [1.165, 1.54) is 0 Å². The second-order valence-electron chi connectivity index (χ2n) is 6.04. The Morgan fingerprint density at radius 1 is 1.30 bits per heavy atom. The molecule has 1 fully saturated rings. The van der Waals surface area contributed by atoms with E-state index < -0.39 is 6.10 Å². The Hall–Kier alpha value is -1.59. The zero-order valence-electron chi connectivity index (χ0n) is 14.4. The average molecular weight is 320 g/mol. The molecule has 0 spiro atoms. The van der Waals surface area contributed by atoms with Crippen molar-refractivity contribution in [2.45, 2.75) is 32.3 Å². The molecule has 23 heavy (non-hydrogen) atoms. The lowest BCUT2D eigenvalue weighted by Gasteiger charge is -2.36. The summed E-state index contributed by atoms with van der Waals surface area (Å²) in [4.78, 5) is 16.1. The summed E-state index contributed by atoms with van der Waals surface area (Å²) in [5.41, 5.74) is 1.13. The van der Waals surface area contributed by atoms with Gasteiger partial charge >= 0.3 is 0 Å². The zero-order valence-corrected chi connectivity index (χ0v) is 14.4. The maximum absolute atomic E-state index is 12.2. The van der Waals surface area contributed by atoms with Crippen LogP contribution in [0.5, 0.6) is 5.75 Å². The molecule has 1 N–H and O–H groups in total. The van der Waals surface area contributed by atoms with Gasteiger partial charge in [0, 0.05) is 25.6 Å². The summed E-state index contributed by atoms with van der Waals surface area (Å²) in [6, 6.07) is 7.89. The summed E-state index contributed by atoms with van der Waals surface area (Å²) in [5, 5.41) is 10.5. The summed E-state index contributed by atoms with van der Waals surface area (Å²) < 4.78 is 5.17. The first-order valence-electron chi connectivity index (χ1n) is 8.41. The largest absolute Gasteiger partial charge is 0.497 e. The zero-order chi connectivity index (χ0) is 16.8. The number of rotatable bonds is 6. The van der Waals surface area contributed by atoms with Gasteiger partial charge in [-0.3, -0.25) is 9.69 Å². The van der Waals surface area contributed by atoms with Crippen LogP contribution in [0, 0.1) is 0 Å². The molecule has 0 radical (unpaired) electrons. The molecule has 2 rings (SSSR count). The van der Waals surface area contributed by atoms with Crippen molar-refractivity contribution in [3.05, 3.63) is 29.8 Å². The summed E-state index contributed by atoms with van der Waals surface area (Å²) in [6.45, 7) is 7.23. The topological polar surface area (TPSA) is 53.0 Å². The van der Waals surface area contributed by atoms with E-state index in [1.807, 2.05) is 43.0 Å². The van der Waals surface area contributed by atoms with Crippen LogP contribution < -0.4 is 4.74 Å². The number of nitrogens with zero attached hydrogens (tertiary/aromatic N) is 2. The van der Waals surface area contributed by atoms with Crippen molar-refractivity contribution in [3.63, 3.8) is 0 Å². The number of aliphatic hydroxyl groups is 1. The second-order valence-corrected chi connectivity index (χ2v) is 6.04. The fraction of sp³-hybridized carbons (Fsp3) is 0.611. The van der Waals surface area contributed by atoms with E-state index in [9.17, 15) is 9.90 Å². The summed E-state index contributed by atoms with van der Waals surface area (Å²) in [5.74, 6) is 1.09. The number of likely N-dealkylation sites (N-methyl/N-ethyl adjacent to an activating group) is 1. The Balaban J connectivity index is 1.92. The number of aliphatic hydroxyl groups excluding tert-OH is 1. The van der Waals surface area contributed by atoms with E-state index in [1.54, 1.807) is 7.11 Å². The number of piperidine rings is 1. The van der Waals surface area contributed by atoms with E-state index in [0.29, 0.717) is 13.1 Å². The van der Waals surface area contributed by atoms with Crippen LogP contribution in [-0.2, 0) is 4.79 Å². The van der Waals surface area contributed by atoms with Gasteiger partial charge < -0.3 is 14.7 Å². The van der Waals surface area contributed by atoms with Gasteiger partial charge in [0.05, 0.1) is 19.8 Å². The molecule has 0 saturated carbocycles. The third-order valence-corrected chi connectivity index (χ3v) is 4.69. The quantitative estimate of drug-likeness (QED) is 0.867. The summed E-state index contributed by atoms with van der Waals surface area (Å²) in [7, 11) is 1.65. The van der Waals surface area contributed by atoms with Crippen molar-refractivity contribution in [3.8, 4) is 5.75 Å². The fourth-order valence-electron chi connectivity index (χ4n) is 3.25. The van der Waals surface area contributed by atoms with Gasteiger partial charge in [0.15, 0.2) is 0 Å². The lowest BCUT2D eigenvalue weighted by atomic mass is 9.87. The van der Waals surface area contributed by atoms with Crippen molar-refractivity contribution in [2.75, 3.05) is 39.8 Å². The molecule has 5 nitrogen and oxygen atoms in total. The van der Waals surface area contributed by atoms with Crippen molar-refractivity contribution in [1.29, 1.82) is 0 Å². The SMILES string of the molecule is CCN(CC)C(=O)CN1CC[C@H](c2ccc(OC)cc2)[C@H](O)C1. The number of ether oxygens (including phenoxy) is 1. The minimum atomic E-state index is -0.443. The molecule has 0 aliphatic carbocycles. The molecule has 128 valence electrons. The molecular weight excluding hydrogens is 292 g/mol. The molecule has 5 heteroatoms. The van der Waals surface area contributed by atoms with E-state index in [0.717, 1.165) is 37.4 Å². The number of carbonyl (C=O) groups excluding carboxylic acids is 1. The molecule has 1 saturated heterocycles. The van der Waals surface area contributed by atoms with Crippen LogP contribution in [-0.4, -0.2) is 66.8 Å². The monoisotopic (exact) mass is 320 g/mol. The molecule has 1 aliphatic rings. The van der Waals surface area contributed by atoms with Crippen LogP contribution in [0.3, 0.4) is 0 Å². The molecule has 0 unspecified atom stereocenters. The molecular formula is C18H28N2O3. The lowest BCUT2D eigenvalue weighted by molar-refractivity contribution is -0.132. The van der Waals surface area contributed by atoms with E-state index in [-0.39, 0.29) is 11.8 Å². The Labute approximate surface area is 138 Å². The number of likely N-dealkylation sites (tertiary alicyclic amines) is 1. The minimum Gasteiger partial charge on any atom is -0.497 e. The molecule has 1 aromatic rings. The van der Waals surface area contributed by atoms with Crippen molar-refractivity contribution in [2.24, 2.45) is 0 Å². The number of amides is 1. The number of hydrogen-bond donors (Lipinski definition) is 1. The summed E-state index contributed by atoms with van der Waals surface area (Å²) in [6.07, 6.45) is 0.417. The van der Waals surface area contributed by atoms with E-state index >= 15 is 0 Å². The van der Waals surface area contributed by atoms with Crippen LogP contribution in [0.1, 0.15) is 31.7 Å². The normalized spacial score (nSPS) is 21.9. The first-order valence-corrected chi connectivity index (χ1v) is 8.41. The first-order chi connectivity index (χ1) is 11.1. The van der Waals surface area contributed by atoms with Crippen LogP contribution in [0.2, 0.25) is 0 Å². The number of methoxy groups -OCH3 is 1. The van der Waals surface area contributed by atoms with Gasteiger partial charge in [-0.05, 0) is 44.5 Å². The molecule has 0 bridgehead atoms. The molecule has 2 atom stereocenters. The van der Waals surface area contributed by atoms with Gasteiger partial charge in [-0.1, -0.05) is 12.1 Å². The van der Waals surface area contributed by atoms with Crippen molar-refractivity contribution in [1.82, 2.24) is 9.80 Å². The second kappa shape index (κ2) is 8.31. The predicted molar refractivity (Wildman–Crippen MR) is 90.7 cm³/mol. The Morgan fingerprint density at radius 3 is 2.48 bits per heavy atom. The van der Waals surface area contributed by atoms with E-state index in [4.69, 9.17) is 4.74 Å². The Morgan fingerprint density at radius 2 is 1.96 bits per heavy atom. The van der Waals surface area contributed by atoms with E-state index in [2.05, 4.69) is 4.90 Å². The molecule has 1 amide bonds. The highest BCUT2D eigenvalue weighted by molar-refractivity contribution is 5.78. The molecule has 0 aromatic heterocycles. The van der Waals surface area contributed by atoms with Crippen molar-refractivity contribution >= 4 is 5.91 Å². The van der Waals surface area contributed by atoms with Gasteiger partial charge in [0.25, 0.3) is 0 Å². The molecule has 1 aliphatic heterocycles. The smallest absolute Gasteiger partial charge is 0.236 e. The lowest BCUT2D eigenvalue weighted by Crippen LogP contribution is -2.47. The Bertz CT molecular complexity index is 499. The predicted octanol–water partition coefficient (Wildman–Crippen LogP) is 1.71. The number of hydrogen-bond acceptors (Lipinski definition) is 4. The van der Waals surface area contributed by atoms with Crippen LogP contribution >= 0.6 is 0 Å². The Kier molecular flexibility index (Phi) is 6.42. The standard InChI is InChI=1S/C18H28N2O3/c1-4-20(5-2)18(22)13-19-11-10-16(17(21)12-19)14-6-8-15(23-3)9-7-14/h6-9,16-17,21H,4-5,10-13H2,1-3H3/t16-,17-/m1/s1.